The maximum absolute atomic E-state index is 12.6. The molecule has 0 bridgehead atoms. The van der Waals surface area contributed by atoms with Crippen LogP contribution in [0.1, 0.15) is 54.8 Å². The third-order valence-corrected chi connectivity index (χ3v) is 8.56. The molecule has 3 N–H and O–H groups in total. The zero-order valence-electron chi connectivity index (χ0n) is 19.5. The van der Waals surface area contributed by atoms with Gasteiger partial charge in [0.1, 0.15) is 5.75 Å². The highest BCUT2D eigenvalue weighted by Gasteiger charge is 2.31. The summed E-state index contributed by atoms with van der Waals surface area (Å²) in [6.07, 6.45) is 6.21. The van der Waals surface area contributed by atoms with E-state index in [0.29, 0.717) is 6.42 Å². The van der Waals surface area contributed by atoms with Gasteiger partial charge in [-0.15, -0.1) is 0 Å². The summed E-state index contributed by atoms with van der Waals surface area (Å²) in [5, 5.41) is 2.97. The van der Waals surface area contributed by atoms with Crippen LogP contribution in [0.3, 0.4) is 0 Å². The zero-order chi connectivity index (χ0) is 25.0. The number of ketones is 2. The lowest BCUT2D eigenvalue weighted by atomic mass is 9.86. The molecule has 7 nitrogen and oxygen atoms in total. The van der Waals surface area contributed by atoms with Crippen LogP contribution in [0.2, 0.25) is 5.02 Å². The highest BCUT2D eigenvalue weighted by atomic mass is 35.5. The van der Waals surface area contributed by atoms with Gasteiger partial charge in [-0.2, -0.15) is 10.6 Å². The lowest BCUT2D eigenvalue weighted by molar-refractivity contribution is -0.144. The van der Waals surface area contributed by atoms with E-state index in [9.17, 15) is 23.5 Å². The van der Waals surface area contributed by atoms with Crippen LogP contribution in [0, 0.1) is 0 Å². The minimum absolute atomic E-state index is 0.0492. The number of fused-ring (bicyclic) bond motifs is 1. The molecule has 9 heteroatoms. The van der Waals surface area contributed by atoms with Crippen LogP contribution in [0.5, 0.6) is 0 Å². The molecule has 1 atom stereocenters. The standard InChI is InChI=1S/C26H31ClN2O5S/c27-20-7-5-8-21(15-20)35(33,34)17-24(30)25(31)26(32)28-23-9-4-6-19-14-18(10-11-22(19)23)16-29-12-2-1-3-13-29/h5,7-8,10-11,14-15,23,33-34H,1-4,6,9,12-13,16-17H2,(H,28,32)/t23-/m1/s1. The number of rotatable bonds is 8. The molecule has 1 amide bonds. The predicted molar refractivity (Wildman–Crippen MR) is 137 cm³/mol. The summed E-state index contributed by atoms with van der Waals surface area (Å²) >= 11 is 5.88. The molecule has 2 aromatic rings. The van der Waals surface area contributed by atoms with Crippen molar-refractivity contribution in [1.82, 2.24) is 10.2 Å². The maximum Gasteiger partial charge on any atom is 0.296 e. The van der Waals surface area contributed by atoms with Gasteiger partial charge in [-0.1, -0.05) is 42.3 Å². The lowest BCUT2D eigenvalue weighted by Gasteiger charge is -2.31. The average molecular weight is 519 g/mol. The molecule has 188 valence electrons. The molecule has 1 saturated heterocycles. The second kappa shape index (κ2) is 11.2. The maximum atomic E-state index is 12.6. The van der Waals surface area contributed by atoms with E-state index in [0.717, 1.165) is 43.6 Å². The molecule has 0 radical (unpaired) electrons. The van der Waals surface area contributed by atoms with Crippen molar-refractivity contribution in [2.24, 2.45) is 0 Å². The topological polar surface area (TPSA) is 107 Å². The fourth-order valence-corrected chi connectivity index (χ4v) is 6.37. The Morgan fingerprint density at radius 2 is 1.80 bits per heavy atom. The molecule has 2 aromatic carbocycles. The number of benzene rings is 2. The van der Waals surface area contributed by atoms with E-state index in [1.807, 2.05) is 6.07 Å². The number of halogens is 1. The molecule has 35 heavy (non-hydrogen) atoms. The predicted octanol–water partition coefficient (Wildman–Crippen LogP) is 4.77. The van der Waals surface area contributed by atoms with Gasteiger partial charge < -0.3 is 5.32 Å². The van der Waals surface area contributed by atoms with Crippen molar-refractivity contribution in [2.45, 2.75) is 56.0 Å². The first-order valence-corrected chi connectivity index (χ1v) is 14.1. The number of hydrogen-bond acceptors (Lipinski definition) is 6. The molecule has 1 fully saturated rings. The molecule has 1 heterocycles. The second-order valence-electron chi connectivity index (χ2n) is 9.31. The van der Waals surface area contributed by atoms with Gasteiger partial charge in [-0.05, 0) is 80.1 Å². The molecular weight excluding hydrogens is 488 g/mol. The Morgan fingerprint density at radius 1 is 1.03 bits per heavy atom. The quantitative estimate of drug-likeness (QED) is 0.343. The number of Topliss-reactive ketones (excluding diaryl/α,β-unsaturated/α-hetero) is 2. The SMILES string of the molecule is O=C(CS(O)(O)c1cccc(Cl)c1)C(=O)C(=O)N[C@@H]1CCCc2cc(CN3CCCCC3)ccc21. The third kappa shape index (κ3) is 6.51. The van der Waals surface area contributed by atoms with Gasteiger partial charge in [0.25, 0.3) is 11.7 Å². The summed E-state index contributed by atoms with van der Waals surface area (Å²) in [6, 6.07) is 11.7. The zero-order valence-corrected chi connectivity index (χ0v) is 21.1. The van der Waals surface area contributed by atoms with Crippen LogP contribution < -0.4 is 5.32 Å². The van der Waals surface area contributed by atoms with E-state index in [-0.39, 0.29) is 16.0 Å². The largest absolute Gasteiger partial charge is 0.342 e. The Kier molecular flexibility index (Phi) is 8.29. The Balaban J connectivity index is 1.38. The summed E-state index contributed by atoms with van der Waals surface area (Å²) in [4.78, 5) is 40.0. The first kappa shape index (κ1) is 25.9. The van der Waals surface area contributed by atoms with Gasteiger partial charge in [0, 0.05) is 11.6 Å². The average Bonchev–Trinajstić information content (AvgIpc) is 2.84. The number of piperidine rings is 1. The van der Waals surface area contributed by atoms with Crippen molar-refractivity contribution in [3.63, 3.8) is 0 Å². The Morgan fingerprint density at radius 3 is 2.54 bits per heavy atom. The van der Waals surface area contributed by atoms with E-state index in [2.05, 4.69) is 22.3 Å². The molecule has 0 spiro atoms. The van der Waals surface area contributed by atoms with Crippen LogP contribution in [-0.2, 0) is 27.3 Å². The number of likely N-dealkylation sites (tertiary alicyclic amines) is 1. The molecule has 0 saturated carbocycles. The second-order valence-corrected chi connectivity index (χ2v) is 11.8. The van der Waals surface area contributed by atoms with Gasteiger partial charge in [0.05, 0.1) is 10.9 Å². The van der Waals surface area contributed by atoms with E-state index >= 15 is 0 Å². The number of amides is 1. The third-order valence-electron chi connectivity index (χ3n) is 6.65. The fraction of sp³-hybridized carbons (Fsp3) is 0.423. The fourth-order valence-electron chi connectivity index (χ4n) is 4.84. The highest BCUT2D eigenvalue weighted by molar-refractivity contribution is 8.25. The minimum atomic E-state index is -3.60. The minimum Gasteiger partial charge on any atom is -0.342 e. The number of hydrogen-bond donors (Lipinski definition) is 3. The summed E-state index contributed by atoms with van der Waals surface area (Å²) < 4.78 is 20.8. The molecule has 0 aromatic heterocycles. The van der Waals surface area contributed by atoms with Crippen LogP contribution in [0.25, 0.3) is 0 Å². The first-order valence-electron chi connectivity index (χ1n) is 12.0. The van der Waals surface area contributed by atoms with Crippen molar-refractivity contribution < 1.29 is 23.5 Å². The van der Waals surface area contributed by atoms with E-state index < -0.39 is 33.8 Å². The van der Waals surface area contributed by atoms with Gasteiger partial charge in [0.15, 0.2) is 0 Å². The smallest absolute Gasteiger partial charge is 0.296 e. The number of carbonyl (C=O) groups excluding carboxylic acids is 3. The monoisotopic (exact) mass is 518 g/mol. The van der Waals surface area contributed by atoms with Gasteiger partial charge in [-0.3, -0.25) is 28.4 Å². The van der Waals surface area contributed by atoms with Gasteiger partial charge >= 0.3 is 0 Å². The number of carbonyl (C=O) groups is 3. The Labute approximate surface area is 212 Å². The molecule has 1 aliphatic carbocycles. The summed E-state index contributed by atoms with van der Waals surface area (Å²) in [6.45, 7) is 3.15. The van der Waals surface area contributed by atoms with Crippen LogP contribution in [-0.4, -0.2) is 50.3 Å². The molecular formula is C26H31ClN2O5S. The van der Waals surface area contributed by atoms with Crippen LogP contribution in [0.15, 0.2) is 47.4 Å². The lowest BCUT2D eigenvalue weighted by Crippen LogP contribution is -2.40. The van der Waals surface area contributed by atoms with Crippen molar-refractivity contribution >= 4 is 39.7 Å². The highest BCUT2D eigenvalue weighted by Crippen LogP contribution is 2.48. The molecule has 4 rings (SSSR count). The van der Waals surface area contributed by atoms with Gasteiger partial charge in [-0.25, -0.2) is 0 Å². The summed E-state index contributed by atoms with van der Waals surface area (Å²) in [5.74, 6) is -4.30. The van der Waals surface area contributed by atoms with E-state index in [1.54, 1.807) is 6.07 Å². The summed E-state index contributed by atoms with van der Waals surface area (Å²) in [5.41, 5.74) is 3.37. The van der Waals surface area contributed by atoms with Crippen LogP contribution in [0.4, 0.5) is 0 Å². The van der Waals surface area contributed by atoms with E-state index in [4.69, 9.17) is 11.6 Å². The van der Waals surface area contributed by atoms with Crippen LogP contribution >= 0.6 is 22.2 Å². The first-order chi connectivity index (χ1) is 16.7. The Hall–Kier alpha value is -2.23. The molecule has 1 aliphatic heterocycles. The molecule has 0 unspecified atom stereocenters. The van der Waals surface area contributed by atoms with Crippen molar-refractivity contribution in [1.29, 1.82) is 0 Å². The molecule has 2 aliphatic rings. The number of nitrogens with zero attached hydrogens (tertiary/aromatic N) is 1. The van der Waals surface area contributed by atoms with Crippen molar-refractivity contribution in [3.05, 3.63) is 64.2 Å². The normalized spacial score (nSPS) is 19.0. The number of nitrogens with one attached hydrogen (secondary N) is 1. The van der Waals surface area contributed by atoms with Crippen molar-refractivity contribution in [2.75, 3.05) is 18.8 Å². The summed E-state index contributed by atoms with van der Waals surface area (Å²) in [7, 11) is -3.60. The Bertz CT molecular complexity index is 1120. The van der Waals surface area contributed by atoms with E-state index in [1.165, 1.54) is 43.0 Å². The van der Waals surface area contributed by atoms with Crippen molar-refractivity contribution in [3.8, 4) is 0 Å². The van der Waals surface area contributed by atoms with Gasteiger partial charge in [0.2, 0.25) is 5.78 Å². The number of aryl methyl sites for hydroxylation is 1.